The Labute approximate surface area is 110 Å². The number of hydrogen-bond donors (Lipinski definition) is 1. The summed E-state index contributed by atoms with van der Waals surface area (Å²) in [6, 6.07) is 9.14. The van der Waals surface area contributed by atoms with Gasteiger partial charge in [-0.15, -0.1) is 11.3 Å². The Balaban J connectivity index is 1.79. The highest BCUT2D eigenvalue weighted by Crippen LogP contribution is 2.13. The molecule has 0 saturated carbocycles. The van der Waals surface area contributed by atoms with Crippen molar-refractivity contribution in [2.24, 2.45) is 5.73 Å². The van der Waals surface area contributed by atoms with Gasteiger partial charge in [0.2, 0.25) is 0 Å². The number of ether oxygens (including phenoxy) is 1. The van der Waals surface area contributed by atoms with E-state index in [2.05, 4.69) is 6.07 Å². The lowest BCUT2D eigenvalue weighted by atomic mass is 10.1. The molecule has 0 amide bonds. The number of benzene rings is 1. The summed E-state index contributed by atoms with van der Waals surface area (Å²) >= 11 is 1.71. The van der Waals surface area contributed by atoms with Gasteiger partial charge in [0.1, 0.15) is 5.82 Å². The number of halogens is 1. The molecule has 0 aliphatic carbocycles. The second-order valence-corrected chi connectivity index (χ2v) is 5.04. The molecule has 2 rings (SSSR count). The number of thiophene rings is 1. The third-order valence-corrected chi connectivity index (χ3v) is 3.62. The average molecular weight is 265 g/mol. The predicted octanol–water partition coefficient (Wildman–Crippen LogP) is 3.11. The van der Waals surface area contributed by atoms with E-state index in [4.69, 9.17) is 10.5 Å². The van der Waals surface area contributed by atoms with Crippen LogP contribution in [0.25, 0.3) is 0 Å². The summed E-state index contributed by atoms with van der Waals surface area (Å²) < 4.78 is 19.1. The van der Waals surface area contributed by atoms with Crippen LogP contribution >= 0.6 is 11.3 Å². The zero-order valence-electron chi connectivity index (χ0n) is 10.1. The van der Waals surface area contributed by atoms with Crippen LogP contribution in [0.5, 0.6) is 0 Å². The summed E-state index contributed by atoms with van der Waals surface area (Å²) in [5, 5.41) is 2.04. The molecule has 2 nitrogen and oxygen atoms in total. The van der Waals surface area contributed by atoms with E-state index in [9.17, 15) is 4.39 Å². The monoisotopic (exact) mass is 265 g/mol. The van der Waals surface area contributed by atoms with Crippen LogP contribution in [0.15, 0.2) is 35.7 Å². The summed E-state index contributed by atoms with van der Waals surface area (Å²) in [5.41, 5.74) is 6.83. The van der Waals surface area contributed by atoms with Gasteiger partial charge in [0.05, 0.1) is 13.2 Å². The molecule has 0 fully saturated rings. The van der Waals surface area contributed by atoms with E-state index >= 15 is 0 Å². The maximum atomic E-state index is 13.6. The third-order valence-electron chi connectivity index (χ3n) is 2.68. The van der Waals surface area contributed by atoms with Crippen molar-refractivity contribution in [1.82, 2.24) is 0 Å². The Morgan fingerprint density at radius 2 is 2.17 bits per heavy atom. The van der Waals surface area contributed by atoms with E-state index < -0.39 is 0 Å². The van der Waals surface area contributed by atoms with Gasteiger partial charge in [0, 0.05) is 23.4 Å². The Hall–Kier alpha value is -1.23. The predicted molar refractivity (Wildman–Crippen MR) is 72.0 cm³/mol. The van der Waals surface area contributed by atoms with Crippen molar-refractivity contribution in [3.63, 3.8) is 0 Å². The minimum absolute atomic E-state index is 0.242. The molecule has 18 heavy (non-hydrogen) atoms. The molecule has 96 valence electrons. The SMILES string of the molecule is NCc1ccc(COCCc2cccs2)c(F)c1. The highest BCUT2D eigenvalue weighted by molar-refractivity contribution is 7.09. The van der Waals surface area contributed by atoms with Crippen LogP contribution < -0.4 is 5.73 Å². The minimum Gasteiger partial charge on any atom is -0.376 e. The largest absolute Gasteiger partial charge is 0.376 e. The van der Waals surface area contributed by atoms with Gasteiger partial charge in [-0.05, 0) is 23.1 Å². The van der Waals surface area contributed by atoms with Crippen molar-refractivity contribution in [2.45, 2.75) is 19.6 Å². The maximum Gasteiger partial charge on any atom is 0.129 e. The van der Waals surface area contributed by atoms with Gasteiger partial charge in [-0.2, -0.15) is 0 Å². The second kappa shape index (κ2) is 6.64. The van der Waals surface area contributed by atoms with Crippen LogP contribution in [-0.4, -0.2) is 6.61 Å². The van der Waals surface area contributed by atoms with Crippen molar-refractivity contribution in [3.05, 3.63) is 57.5 Å². The molecular weight excluding hydrogens is 249 g/mol. The molecule has 0 radical (unpaired) electrons. The van der Waals surface area contributed by atoms with Gasteiger partial charge in [-0.3, -0.25) is 0 Å². The fraction of sp³-hybridized carbons (Fsp3) is 0.286. The van der Waals surface area contributed by atoms with E-state index in [1.807, 2.05) is 17.5 Å². The Bertz CT molecular complexity index is 485. The second-order valence-electron chi connectivity index (χ2n) is 4.01. The quantitative estimate of drug-likeness (QED) is 0.815. The van der Waals surface area contributed by atoms with Gasteiger partial charge >= 0.3 is 0 Å². The van der Waals surface area contributed by atoms with Crippen LogP contribution in [0, 0.1) is 5.82 Å². The van der Waals surface area contributed by atoms with Gasteiger partial charge < -0.3 is 10.5 Å². The first-order chi connectivity index (χ1) is 8.79. The molecule has 2 N–H and O–H groups in total. The van der Waals surface area contributed by atoms with E-state index in [0.717, 1.165) is 12.0 Å². The average Bonchev–Trinajstić information content (AvgIpc) is 2.89. The highest BCUT2D eigenvalue weighted by Gasteiger charge is 2.03. The summed E-state index contributed by atoms with van der Waals surface area (Å²) in [4.78, 5) is 1.29. The lowest BCUT2D eigenvalue weighted by molar-refractivity contribution is 0.122. The first-order valence-corrected chi connectivity index (χ1v) is 6.75. The first-order valence-electron chi connectivity index (χ1n) is 5.87. The van der Waals surface area contributed by atoms with Crippen molar-refractivity contribution < 1.29 is 9.13 Å². The Morgan fingerprint density at radius 1 is 1.28 bits per heavy atom. The van der Waals surface area contributed by atoms with Gasteiger partial charge in [-0.1, -0.05) is 18.2 Å². The molecule has 0 saturated heterocycles. The van der Waals surface area contributed by atoms with Gasteiger partial charge in [-0.25, -0.2) is 4.39 Å². The van der Waals surface area contributed by atoms with E-state index in [-0.39, 0.29) is 5.82 Å². The molecule has 1 aromatic heterocycles. The van der Waals surface area contributed by atoms with Crippen LogP contribution in [0.4, 0.5) is 4.39 Å². The standard InChI is InChI=1S/C14H16FNOS/c15-14-8-11(9-16)3-4-12(14)10-17-6-5-13-2-1-7-18-13/h1-4,7-8H,5-6,9-10,16H2. The molecule has 0 unspecified atom stereocenters. The summed E-state index contributed by atoms with van der Waals surface area (Å²) in [5.74, 6) is -0.242. The topological polar surface area (TPSA) is 35.2 Å². The van der Waals surface area contributed by atoms with Crippen molar-refractivity contribution >= 4 is 11.3 Å². The summed E-state index contributed by atoms with van der Waals surface area (Å²) in [7, 11) is 0. The molecule has 4 heteroatoms. The molecule has 0 aliphatic heterocycles. The molecule has 2 aromatic rings. The van der Waals surface area contributed by atoms with E-state index in [1.165, 1.54) is 10.9 Å². The van der Waals surface area contributed by atoms with Crippen LogP contribution in [0.3, 0.4) is 0 Å². The molecule has 1 aromatic carbocycles. The lowest BCUT2D eigenvalue weighted by Crippen LogP contribution is -2.02. The molecule has 0 spiro atoms. The smallest absolute Gasteiger partial charge is 0.129 e. The first kappa shape index (κ1) is 13.2. The number of hydrogen-bond acceptors (Lipinski definition) is 3. The van der Waals surface area contributed by atoms with Crippen molar-refractivity contribution in [2.75, 3.05) is 6.61 Å². The number of rotatable bonds is 6. The van der Waals surface area contributed by atoms with Crippen LogP contribution in [-0.2, 0) is 24.3 Å². The normalized spacial score (nSPS) is 10.8. The van der Waals surface area contributed by atoms with Gasteiger partial charge in [0.25, 0.3) is 0 Å². The Morgan fingerprint density at radius 3 is 2.83 bits per heavy atom. The molecular formula is C14H16FNOS. The zero-order valence-corrected chi connectivity index (χ0v) is 10.9. The molecule has 0 atom stereocenters. The Kier molecular flexibility index (Phi) is 4.87. The fourth-order valence-corrected chi connectivity index (χ4v) is 2.33. The maximum absolute atomic E-state index is 13.6. The third kappa shape index (κ3) is 3.63. The molecule has 1 heterocycles. The zero-order chi connectivity index (χ0) is 12.8. The van der Waals surface area contributed by atoms with E-state index in [1.54, 1.807) is 17.4 Å². The van der Waals surface area contributed by atoms with Crippen LogP contribution in [0.1, 0.15) is 16.0 Å². The summed E-state index contributed by atoms with van der Waals surface area (Å²) in [6.45, 7) is 1.27. The summed E-state index contributed by atoms with van der Waals surface area (Å²) in [6.07, 6.45) is 0.875. The highest BCUT2D eigenvalue weighted by atomic mass is 32.1. The van der Waals surface area contributed by atoms with E-state index in [0.29, 0.717) is 25.3 Å². The lowest BCUT2D eigenvalue weighted by Gasteiger charge is -2.06. The van der Waals surface area contributed by atoms with Crippen molar-refractivity contribution in [1.29, 1.82) is 0 Å². The van der Waals surface area contributed by atoms with Crippen LogP contribution in [0.2, 0.25) is 0 Å². The molecule has 0 aliphatic rings. The fourth-order valence-electron chi connectivity index (χ4n) is 1.64. The van der Waals surface area contributed by atoms with Gasteiger partial charge in [0.15, 0.2) is 0 Å². The molecule has 0 bridgehead atoms. The van der Waals surface area contributed by atoms with Crippen molar-refractivity contribution in [3.8, 4) is 0 Å². The minimum atomic E-state index is -0.242. The number of nitrogens with two attached hydrogens (primary N) is 1.